The average molecular weight is 320 g/mol. The summed E-state index contributed by atoms with van der Waals surface area (Å²) in [5.74, 6) is 1.11. The highest BCUT2D eigenvalue weighted by Crippen LogP contribution is 2.20. The average Bonchev–Trinajstić information content (AvgIpc) is 2.55. The number of carbonyl (C=O) groups is 1. The van der Waals surface area contributed by atoms with Crippen molar-refractivity contribution in [2.24, 2.45) is 5.92 Å². The lowest BCUT2D eigenvalue weighted by Crippen LogP contribution is -2.45. The van der Waals surface area contributed by atoms with Gasteiger partial charge in [0.2, 0.25) is 5.88 Å². The summed E-state index contributed by atoms with van der Waals surface area (Å²) < 4.78 is 11.3. The fraction of sp³-hybridized carbons (Fsp3) is 0.667. The molecule has 5 heteroatoms. The van der Waals surface area contributed by atoms with Gasteiger partial charge in [-0.2, -0.15) is 0 Å². The number of nitrogens with zero attached hydrogens (tertiary/aromatic N) is 2. The predicted octanol–water partition coefficient (Wildman–Crippen LogP) is 3.15. The molecule has 1 aromatic rings. The van der Waals surface area contributed by atoms with Gasteiger partial charge in [-0.25, -0.2) is 4.98 Å². The van der Waals surface area contributed by atoms with Gasteiger partial charge in [0.05, 0.1) is 19.3 Å². The standard InChI is InChI=1S/C18H28N2O3/c1-4-22-17-16(9-6-10-19-17)18(21)20-11-12-23-15(13-20)8-5-7-14(2)3/h6,9-10,14-15H,4-5,7-8,11-13H2,1-3H3. The topological polar surface area (TPSA) is 51.7 Å². The van der Waals surface area contributed by atoms with Gasteiger partial charge in [-0.1, -0.05) is 26.7 Å². The molecule has 1 aliphatic heterocycles. The van der Waals surface area contributed by atoms with Crippen molar-refractivity contribution in [2.45, 2.75) is 46.1 Å². The zero-order chi connectivity index (χ0) is 16.7. The summed E-state index contributed by atoms with van der Waals surface area (Å²) in [6.45, 7) is 8.73. The van der Waals surface area contributed by atoms with Gasteiger partial charge in [-0.05, 0) is 31.4 Å². The number of aromatic nitrogens is 1. The monoisotopic (exact) mass is 320 g/mol. The van der Waals surface area contributed by atoms with E-state index in [-0.39, 0.29) is 12.0 Å². The van der Waals surface area contributed by atoms with Crippen LogP contribution in [0, 0.1) is 5.92 Å². The van der Waals surface area contributed by atoms with Crippen LogP contribution < -0.4 is 4.74 Å². The summed E-state index contributed by atoms with van der Waals surface area (Å²) in [6, 6.07) is 3.56. The van der Waals surface area contributed by atoms with Crippen LogP contribution in [0.1, 0.15) is 50.4 Å². The molecule has 2 rings (SSSR count). The number of ether oxygens (including phenoxy) is 2. The van der Waals surface area contributed by atoms with Gasteiger partial charge in [-0.15, -0.1) is 0 Å². The van der Waals surface area contributed by atoms with Crippen molar-refractivity contribution in [3.63, 3.8) is 0 Å². The molecule has 1 aromatic heterocycles. The van der Waals surface area contributed by atoms with Crippen LogP contribution in [-0.2, 0) is 4.74 Å². The largest absolute Gasteiger partial charge is 0.477 e. The molecule has 1 saturated heterocycles. The van der Waals surface area contributed by atoms with Crippen LogP contribution in [0.2, 0.25) is 0 Å². The zero-order valence-electron chi connectivity index (χ0n) is 14.5. The normalized spacial score (nSPS) is 18.3. The number of morpholine rings is 1. The van der Waals surface area contributed by atoms with Crippen LogP contribution in [-0.4, -0.2) is 48.2 Å². The summed E-state index contributed by atoms with van der Waals surface area (Å²) in [5, 5.41) is 0. The van der Waals surface area contributed by atoms with Crippen LogP contribution in [0.15, 0.2) is 18.3 Å². The van der Waals surface area contributed by atoms with E-state index in [4.69, 9.17) is 9.47 Å². The molecular formula is C18H28N2O3. The van der Waals surface area contributed by atoms with E-state index < -0.39 is 0 Å². The third-order valence-electron chi connectivity index (χ3n) is 4.02. The summed E-state index contributed by atoms with van der Waals surface area (Å²) >= 11 is 0. The molecule has 2 heterocycles. The molecule has 0 spiro atoms. The highest BCUT2D eigenvalue weighted by Gasteiger charge is 2.26. The molecule has 0 aromatic carbocycles. The second kappa shape index (κ2) is 8.87. The Morgan fingerprint density at radius 1 is 1.52 bits per heavy atom. The van der Waals surface area contributed by atoms with E-state index >= 15 is 0 Å². The van der Waals surface area contributed by atoms with Crippen LogP contribution >= 0.6 is 0 Å². The molecule has 5 nitrogen and oxygen atoms in total. The molecule has 0 bridgehead atoms. The van der Waals surface area contributed by atoms with E-state index in [0.717, 1.165) is 12.8 Å². The van der Waals surface area contributed by atoms with Crippen LogP contribution in [0.5, 0.6) is 5.88 Å². The summed E-state index contributed by atoms with van der Waals surface area (Å²) in [7, 11) is 0. The lowest BCUT2D eigenvalue weighted by atomic mass is 10.0. The molecular weight excluding hydrogens is 292 g/mol. The third kappa shape index (κ3) is 5.20. The fourth-order valence-corrected chi connectivity index (χ4v) is 2.81. The molecule has 1 atom stereocenters. The maximum atomic E-state index is 12.8. The van der Waals surface area contributed by atoms with Gasteiger partial charge in [0.1, 0.15) is 5.56 Å². The number of hydrogen-bond acceptors (Lipinski definition) is 4. The molecule has 0 radical (unpaired) electrons. The Balaban J connectivity index is 1.96. The molecule has 128 valence electrons. The minimum atomic E-state index is -0.0151. The van der Waals surface area contributed by atoms with Crippen LogP contribution in [0.4, 0.5) is 0 Å². The van der Waals surface area contributed by atoms with Gasteiger partial charge in [0, 0.05) is 19.3 Å². The van der Waals surface area contributed by atoms with Crippen LogP contribution in [0.3, 0.4) is 0 Å². The predicted molar refractivity (Wildman–Crippen MR) is 89.7 cm³/mol. The molecule has 1 amide bonds. The lowest BCUT2D eigenvalue weighted by molar-refractivity contribution is -0.0261. The first-order valence-corrected chi connectivity index (χ1v) is 8.60. The molecule has 23 heavy (non-hydrogen) atoms. The maximum Gasteiger partial charge on any atom is 0.259 e. The Hall–Kier alpha value is -1.62. The zero-order valence-corrected chi connectivity index (χ0v) is 14.5. The minimum absolute atomic E-state index is 0.0151. The quantitative estimate of drug-likeness (QED) is 0.774. The minimum Gasteiger partial charge on any atom is -0.477 e. The van der Waals surface area contributed by atoms with Crippen molar-refractivity contribution < 1.29 is 14.3 Å². The first-order chi connectivity index (χ1) is 11.1. The van der Waals surface area contributed by atoms with Gasteiger partial charge in [0.15, 0.2) is 0 Å². The number of carbonyl (C=O) groups excluding carboxylic acids is 1. The van der Waals surface area contributed by atoms with Crippen LogP contribution in [0.25, 0.3) is 0 Å². The molecule has 0 saturated carbocycles. The van der Waals surface area contributed by atoms with Crippen molar-refractivity contribution >= 4 is 5.91 Å². The van der Waals surface area contributed by atoms with Crippen molar-refractivity contribution in [1.82, 2.24) is 9.88 Å². The lowest BCUT2D eigenvalue weighted by Gasteiger charge is -2.33. The smallest absolute Gasteiger partial charge is 0.259 e. The summed E-state index contributed by atoms with van der Waals surface area (Å²) in [4.78, 5) is 18.8. The van der Waals surface area contributed by atoms with Gasteiger partial charge >= 0.3 is 0 Å². The fourth-order valence-electron chi connectivity index (χ4n) is 2.81. The number of amides is 1. The molecule has 1 fully saturated rings. The van der Waals surface area contributed by atoms with E-state index in [1.807, 2.05) is 11.8 Å². The van der Waals surface area contributed by atoms with Gasteiger partial charge < -0.3 is 14.4 Å². The van der Waals surface area contributed by atoms with Gasteiger partial charge in [0.25, 0.3) is 5.91 Å². The Morgan fingerprint density at radius 3 is 3.09 bits per heavy atom. The van der Waals surface area contributed by atoms with Crippen molar-refractivity contribution in [3.05, 3.63) is 23.9 Å². The van der Waals surface area contributed by atoms with E-state index in [1.54, 1.807) is 18.3 Å². The third-order valence-corrected chi connectivity index (χ3v) is 4.02. The van der Waals surface area contributed by atoms with Crippen molar-refractivity contribution in [3.8, 4) is 5.88 Å². The van der Waals surface area contributed by atoms with E-state index in [0.29, 0.717) is 43.7 Å². The van der Waals surface area contributed by atoms with E-state index in [9.17, 15) is 4.79 Å². The Kier molecular flexibility index (Phi) is 6.84. The summed E-state index contributed by atoms with van der Waals surface area (Å²) in [6.07, 6.45) is 5.13. The molecule has 0 N–H and O–H groups in total. The first kappa shape index (κ1) is 17.7. The molecule has 1 aliphatic rings. The number of pyridine rings is 1. The second-order valence-corrected chi connectivity index (χ2v) is 6.36. The molecule has 0 aliphatic carbocycles. The van der Waals surface area contributed by atoms with Crippen molar-refractivity contribution in [1.29, 1.82) is 0 Å². The first-order valence-electron chi connectivity index (χ1n) is 8.60. The Labute approximate surface area is 139 Å². The number of hydrogen-bond donors (Lipinski definition) is 0. The molecule has 1 unspecified atom stereocenters. The van der Waals surface area contributed by atoms with E-state index in [1.165, 1.54) is 6.42 Å². The highest BCUT2D eigenvalue weighted by atomic mass is 16.5. The van der Waals surface area contributed by atoms with Crippen molar-refractivity contribution in [2.75, 3.05) is 26.3 Å². The highest BCUT2D eigenvalue weighted by molar-refractivity contribution is 5.96. The van der Waals surface area contributed by atoms with Gasteiger partial charge in [-0.3, -0.25) is 4.79 Å². The Morgan fingerprint density at radius 2 is 2.35 bits per heavy atom. The Bertz CT molecular complexity index is 505. The second-order valence-electron chi connectivity index (χ2n) is 6.36. The SMILES string of the molecule is CCOc1ncccc1C(=O)N1CCOC(CCCC(C)C)C1. The van der Waals surface area contributed by atoms with E-state index in [2.05, 4.69) is 18.8 Å². The number of rotatable bonds is 7. The maximum absolute atomic E-state index is 12.8. The summed E-state index contributed by atoms with van der Waals surface area (Å²) in [5.41, 5.74) is 0.539.